The number of nitrogens with zero attached hydrogens (tertiary/aromatic N) is 1. The van der Waals surface area contributed by atoms with E-state index in [1.807, 2.05) is 5.32 Å². The number of halogens is 6. The van der Waals surface area contributed by atoms with Crippen LogP contribution in [0.25, 0.3) is 0 Å². The molecule has 1 aliphatic rings. The summed E-state index contributed by atoms with van der Waals surface area (Å²) in [7, 11) is 0. The lowest BCUT2D eigenvalue weighted by molar-refractivity contribution is -0.142. The normalized spacial score (nSPS) is 17.8. The van der Waals surface area contributed by atoms with Crippen molar-refractivity contribution in [3.05, 3.63) is 23.3 Å². The van der Waals surface area contributed by atoms with Gasteiger partial charge in [0.15, 0.2) is 0 Å². The summed E-state index contributed by atoms with van der Waals surface area (Å²) in [5, 5.41) is 1.95. The second-order valence-corrected chi connectivity index (χ2v) is 7.80. The molecule has 1 saturated heterocycles. The molecule has 6 nitrogen and oxygen atoms in total. The summed E-state index contributed by atoms with van der Waals surface area (Å²) in [5.41, 5.74) is -0.651. The van der Waals surface area contributed by atoms with Crippen LogP contribution in [0.15, 0.2) is 12.1 Å². The third-order valence-electron chi connectivity index (χ3n) is 4.23. The smallest absolute Gasteiger partial charge is 0.418 e. The van der Waals surface area contributed by atoms with Gasteiger partial charge in [-0.3, -0.25) is 9.69 Å². The lowest BCUT2D eigenvalue weighted by atomic mass is 10.0. The molecule has 2 rings (SSSR count). The first kappa shape index (κ1) is 23.6. The molecule has 0 aromatic heterocycles. The van der Waals surface area contributed by atoms with Gasteiger partial charge in [-0.25, -0.2) is 4.79 Å². The Hall–Kier alpha value is -2.66. The number of carbonyl (C=O) groups is 2. The van der Waals surface area contributed by atoms with E-state index in [-0.39, 0.29) is 19.0 Å². The highest BCUT2D eigenvalue weighted by Crippen LogP contribution is 2.42. The Morgan fingerprint density at radius 2 is 1.70 bits per heavy atom. The number of carbonyl (C=O) groups excluding carboxylic acids is 2. The Balaban J connectivity index is 2.35. The number of benzene rings is 1. The molecule has 0 bridgehead atoms. The average molecular weight is 441 g/mol. The molecule has 1 heterocycles. The summed E-state index contributed by atoms with van der Waals surface area (Å²) in [6.45, 7) is 4.96. The first-order chi connectivity index (χ1) is 13.5. The van der Waals surface area contributed by atoms with Gasteiger partial charge in [-0.15, -0.1) is 0 Å². The van der Waals surface area contributed by atoms with E-state index in [4.69, 9.17) is 10.5 Å². The number of nitrogen functional groups attached to an aromatic ring is 1. The standard InChI is InChI=1S/C18H21F6N3O3/c1-16(2,3)30-15(29)27-6-4-5-12(27)14(28)26-13-10(18(22,23)24)7-9(8-11(13)25)17(19,20)21/h7-8,12H,4-6,25H2,1-3H3,(H,26,28). The van der Waals surface area contributed by atoms with Crippen LogP contribution >= 0.6 is 0 Å². The number of hydrogen-bond acceptors (Lipinski definition) is 4. The third-order valence-corrected chi connectivity index (χ3v) is 4.23. The minimum absolute atomic E-state index is 0.119. The highest BCUT2D eigenvalue weighted by molar-refractivity contribution is 6.00. The van der Waals surface area contributed by atoms with Gasteiger partial charge in [0.1, 0.15) is 11.6 Å². The fraction of sp³-hybridized carbons (Fsp3) is 0.556. The van der Waals surface area contributed by atoms with Crippen molar-refractivity contribution in [2.75, 3.05) is 17.6 Å². The van der Waals surface area contributed by atoms with Crippen molar-refractivity contribution in [3.63, 3.8) is 0 Å². The van der Waals surface area contributed by atoms with Crippen molar-refractivity contribution < 1.29 is 40.7 Å². The molecule has 1 aromatic rings. The monoisotopic (exact) mass is 441 g/mol. The number of likely N-dealkylation sites (tertiary alicyclic amines) is 1. The molecule has 0 aliphatic carbocycles. The van der Waals surface area contributed by atoms with Crippen molar-refractivity contribution in [1.29, 1.82) is 0 Å². The zero-order valence-electron chi connectivity index (χ0n) is 16.4. The van der Waals surface area contributed by atoms with Crippen LogP contribution < -0.4 is 11.1 Å². The van der Waals surface area contributed by atoms with Crippen molar-refractivity contribution >= 4 is 23.4 Å². The van der Waals surface area contributed by atoms with Gasteiger partial charge in [-0.2, -0.15) is 26.3 Å². The maximum Gasteiger partial charge on any atom is 0.418 e. The largest absolute Gasteiger partial charge is 0.444 e. The lowest BCUT2D eigenvalue weighted by Gasteiger charge is -2.28. The summed E-state index contributed by atoms with van der Waals surface area (Å²) < 4.78 is 83.9. The molecule has 0 saturated carbocycles. The van der Waals surface area contributed by atoms with E-state index in [1.165, 1.54) is 0 Å². The molecular formula is C18H21F6N3O3. The second-order valence-electron chi connectivity index (χ2n) is 7.80. The van der Waals surface area contributed by atoms with Gasteiger partial charge < -0.3 is 15.8 Å². The number of ether oxygens (including phenoxy) is 1. The molecule has 30 heavy (non-hydrogen) atoms. The molecule has 1 atom stereocenters. The minimum Gasteiger partial charge on any atom is -0.444 e. The molecule has 2 amide bonds. The number of anilines is 2. The van der Waals surface area contributed by atoms with Gasteiger partial charge in [0.2, 0.25) is 5.91 Å². The highest BCUT2D eigenvalue weighted by Gasteiger charge is 2.42. The van der Waals surface area contributed by atoms with Crippen LogP contribution in [-0.2, 0) is 21.9 Å². The van der Waals surface area contributed by atoms with Crippen LogP contribution in [0.5, 0.6) is 0 Å². The topological polar surface area (TPSA) is 84.7 Å². The van der Waals surface area contributed by atoms with Gasteiger partial charge in [0.05, 0.1) is 22.5 Å². The number of rotatable bonds is 2. The Morgan fingerprint density at radius 1 is 1.10 bits per heavy atom. The zero-order chi connectivity index (χ0) is 23.1. The predicted octanol–water partition coefficient (Wildman–Crippen LogP) is 4.64. The molecule has 1 aromatic carbocycles. The summed E-state index contributed by atoms with van der Waals surface area (Å²) >= 11 is 0. The SMILES string of the molecule is CC(C)(C)OC(=O)N1CCCC1C(=O)Nc1c(N)cc(C(F)(F)F)cc1C(F)(F)F. The molecule has 0 spiro atoms. The summed E-state index contributed by atoms with van der Waals surface area (Å²) in [4.78, 5) is 25.9. The van der Waals surface area contributed by atoms with Gasteiger partial charge in [0, 0.05) is 6.54 Å². The van der Waals surface area contributed by atoms with Gasteiger partial charge in [0.25, 0.3) is 0 Å². The minimum atomic E-state index is -5.21. The van der Waals surface area contributed by atoms with Crippen molar-refractivity contribution in [3.8, 4) is 0 Å². The molecule has 1 fully saturated rings. The molecule has 0 radical (unpaired) electrons. The summed E-state index contributed by atoms with van der Waals surface area (Å²) in [6, 6.07) is -0.958. The Bertz CT molecular complexity index is 830. The molecule has 12 heteroatoms. The second kappa shape index (κ2) is 7.88. The van der Waals surface area contributed by atoms with E-state index in [1.54, 1.807) is 20.8 Å². The molecule has 3 N–H and O–H groups in total. The van der Waals surface area contributed by atoms with Crippen LogP contribution in [0, 0.1) is 0 Å². The molecule has 1 aliphatic heterocycles. The number of nitrogens with one attached hydrogen (secondary N) is 1. The summed E-state index contributed by atoms with van der Waals surface area (Å²) in [6.07, 6.45) is -10.6. The number of nitrogens with two attached hydrogens (primary N) is 1. The fourth-order valence-electron chi connectivity index (χ4n) is 2.98. The maximum atomic E-state index is 13.4. The quantitative estimate of drug-likeness (QED) is 0.517. The average Bonchev–Trinajstić information content (AvgIpc) is 3.02. The van der Waals surface area contributed by atoms with Crippen LogP contribution in [0.2, 0.25) is 0 Å². The first-order valence-corrected chi connectivity index (χ1v) is 8.89. The predicted molar refractivity (Wildman–Crippen MR) is 95.5 cm³/mol. The molecular weight excluding hydrogens is 420 g/mol. The summed E-state index contributed by atoms with van der Waals surface area (Å²) in [5.74, 6) is -1.00. The number of hydrogen-bond donors (Lipinski definition) is 2. The van der Waals surface area contributed by atoms with Crippen LogP contribution in [0.3, 0.4) is 0 Å². The lowest BCUT2D eigenvalue weighted by Crippen LogP contribution is -2.45. The van der Waals surface area contributed by atoms with E-state index < -0.39 is 58.5 Å². The Labute approximate surface area is 168 Å². The van der Waals surface area contributed by atoms with E-state index >= 15 is 0 Å². The van der Waals surface area contributed by atoms with Crippen molar-refractivity contribution in [2.45, 2.75) is 57.6 Å². The maximum absolute atomic E-state index is 13.4. The molecule has 1 unspecified atom stereocenters. The Kier molecular flexibility index (Phi) is 6.20. The van der Waals surface area contributed by atoms with Crippen molar-refractivity contribution in [1.82, 2.24) is 4.90 Å². The molecule has 168 valence electrons. The van der Waals surface area contributed by atoms with Gasteiger partial charge in [-0.1, -0.05) is 0 Å². The van der Waals surface area contributed by atoms with Crippen LogP contribution in [0.4, 0.5) is 42.5 Å². The Morgan fingerprint density at radius 3 is 2.20 bits per heavy atom. The van der Waals surface area contributed by atoms with Crippen LogP contribution in [0.1, 0.15) is 44.7 Å². The fourth-order valence-corrected chi connectivity index (χ4v) is 2.98. The van der Waals surface area contributed by atoms with Crippen LogP contribution in [-0.4, -0.2) is 35.1 Å². The zero-order valence-corrected chi connectivity index (χ0v) is 16.4. The third kappa shape index (κ3) is 5.48. The number of alkyl halides is 6. The van der Waals surface area contributed by atoms with E-state index in [0.29, 0.717) is 12.5 Å². The van der Waals surface area contributed by atoms with Gasteiger partial charge >= 0.3 is 18.4 Å². The van der Waals surface area contributed by atoms with E-state index in [9.17, 15) is 35.9 Å². The number of amides is 2. The highest BCUT2D eigenvalue weighted by atomic mass is 19.4. The van der Waals surface area contributed by atoms with E-state index in [0.717, 1.165) is 4.90 Å². The van der Waals surface area contributed by atoms with Gasteiger partial charge in [-0.05, 0) is 45.7 Å². The van der Waals surface area contributed by atoms with E-state index in [2.05, 4.69) is 0 Å². The van der Waals surface area contributed by atoms with Crippen molar-refractivity contribution in [2.24, 2.45) is 0 Å². The first-order valence-electron chi connectivity index (χ1n) is 8.89.